The second kappa shape index (κ2) is 5.61. The minimum absolute atomic E-state index is 0.0424. The van der Waals surface area contributed by atoms with Crippen molar-refractivity contribution in [1.82, 2.24) is 0 Å². The molecule has 1 unspecified atom stereocenters. The first kappa shape index (κ1) is 13.9. The Labute approximate surface area is 120 Å². The summed E-state index contributed by atoms with van der Waals surface area (Å²) in [4.78, 5) is 0. The fourth-order valence-corrected chi connectivity index (χ4v) is 2.26. The molecule has 0 fully saturated rings. The Balaban J connectivity index is 2.17. The summed E-state index contributed by atoms with van der Waals surface area (Å²) in [5.41, 5.74) is 2.72. The molecule has 0 aromatic heterocycles. The van der Waals surface area contributed by atoms with Crippen molar-refractivity contribution in [2.45, 2.75) is 19.9 Å². The van der Waals surface area contributed by atoms with Crippen LogP contribution >= 0.6 is 15.9 Å². The van der Waals surface area contributed by atoms with Crippen molar-refractivity contribution in [3.05, 3.63) is 57.8 Å². The molecule has 2 nitrogen and oxygen atoms in total. The maximum atomic E-state index is 13.2. The summed E-state index contributed by atoms with van der Waals surface area (Å²) < 4.78 is 13.7. The largest absolute Gasteiger partial charge is 0.508 e. The van der Waals surface area contributed by atoms with Crippen molar-refractivity contribution in [1.29, 1.82) is 0 Å². The lowest BCUT2D eigenvalue weighted by atomic mass is 10.1. The number of anilines is 1. The molecule has 2 rings (SSSR count). The van der Waals surface area contributed by atoms with Crippen LogP contribution in [0, 0.1) is 12.7 Å². The van der Waals surface area contributed by atoms with Gasteiger partial charge in [0.15, 0.2) is 0 Å². The van der Waals surface area contributed by atoms with Gasteiger partial charge >= 0.3 is 0 Å². The number of phenols is 1. The SMILES string of the molecule is Cc1cc(NC(C)c2ccc(F)c(Br)c2)ccc1O. The Hall–Kier alpha value is -1.55. The monoisotopic (exact) mass is 323 g/mol. The van der Waals surface area contributed by atoms with E-state index in [1.165, 1.54) is 6.07 Å². The van der Waals surface area contributed by atoms with E-state index in [2.05, 4.69) is 21.2 Å². The molecule has 0 radical (unpaired) electrons. The molecular formula is C15H15BrFNO. The minimum atomic E-state index is -0.267. The van der Waals surface area contributed by atoms with Crippen LogP contribution in [0.3, 0.4) is 0 Å². The van der Waals surface area contributed by atoms with Gasteiger partial charge < -0.3 is 10.4 Å². The number of aryl methyl sites for hydroxylation is 1. The van der Waals surface area contributed by atoms with Gasteiger partial charge in [-0.05, 0) is 71.2 Å². The minimum Gasteiger partial charge on any atom is -0.508 e. The van der Waals surface area contributed by atoms with Crippen LogP contribution in [0.25, 0.3) is 0 Å². The van der Waals surface area contributed by atoms with Crippen LogP contribution in [0.15, 0.2) is 40.9 Å². The normalized spacial score (nSPS) is 12.2. The first-order valence-corrected chi connectivity index (χ1v) is 6.78. The van der Waals surface area contributed by atoms with Gasteiger partial charge in [-0.25, -0.2) is 4.39 Å². The van der Waals surface area contributed by atoms with E-state index in [1.807, 2.05) is 26.0 Å². The predicted molar refractivity (Wildman–Crippen MR) is 79.0 cm³/mol. The molecule has 100 valence electrons. The van der Waals surface area contributed by atoms with E-state index >= 15 is 0 Å². The molecule has 0 heterocycles. The topological polar surface area (TPSA) is 32.3 Å². The first-order valence-electron chi connectivity index (χ1n) is 5.98. The fraction of sp³-hybridized carbons (Fsp3) is 0.200. The molecule has 0 amide bonds. The number of phenolic OH excluding ortho intramolecular Hbond substituents is 1. The number of halogens is 2. The molecule has 0 saturated heterocycles. The van der Waals surface area contributed by atoms with E-state index in [1.54, 1.807) is 18.2 Å². The van der Waals surface area contributed by atoms with Crippen LogP contribution in [0.5, 0.6) is 5.75 Å². The first-order chi connectivity index (χ1) is 8.97. The van der Waals surface area contributed by atoms with E-state index in [0.717, 1.165) is 16.8 Å². The number of nitrogens with one attached hydrogen (secondary N) is 1. The second-order valence-electron chi connectivity index (χ2n) is 4.54. The zero-order valence-electron chi connectivity index (χ0n) is 10.7. The molecule has 0 saturated carbocycles. The molecule has 1 atom stereocenters. The molecule has 19 heavy (non-hydrogen) atoms. The molecule has 0 bridgehead atoms. The van der Waals surface area contributed by atoms with Gasteiger partial charge in [0.1, 0.15) is 11.6 Å². The van der Waals surface area contributed by atoms with E-state index in [0.29, 0.717) is 4.47 Å². The lowest BCUT2D eigenvalue weighted by Crippen LogP contribution is -2.06. The zero-order chi connectivity index (χ0) is 14.0. The summed E-state index contributed by atoms with van der Waals surface area (Å²) in [5, 5.41) is 12.8. The molecule has 0 aliphatic heterocycles. The quantitative estimate of drug-likeness (QED) is 0.797. The van der Waals surface area contributed by atoms with Crippen LogP contribution in [-0.4, -0.2) is 5.11 Å². The van der Waals surface area contributed by atoms with E-state index < -0.39 is 0 Å². The van der Waals surface area contributed by atoms with Crippen molar-refractivity contribution in [3.8, 4) is 5.75 Å². The number of rotatable bonds is 3. The van der Waals surface area contributed by atoms with Gasteiger partial charge in [-0.15, -0.1) is 0 Å². The highest BCUT2D eigenvalue weighted by atomic mass is 79.9. The Morgan fingerprint density at radius 2 is 1.95 bits per heavy atom. The van der Waals surface area contributed by atoms with Gasteiger partial charge in [0, 0.05) is 11.7 Å². The van der Waals surface area contributed by atoms with Crippen molar-refractivity contribution in [2.24, 2.45) is 0 Å². The zero-order valence-corrected chi connectivity index (χ0v) is 12.3. The standard InChI is InChI=1S/C15H15BrFNO/c1-9-7-12(4-6-15(9)19)18-10(2)11-3-5-14(17)13(16)8-11/h3-8,10,18-19H,1-2H3. The van der Waals surface area contributed by atoms with Crippen LogP contribution in [0.2, 0.25) is 0 Å². The van der Waals surface area contributed by atoms with Crippen molar-refractivity contribution in [3.63, 3.8) is 0 Å². The average Bonchev–Trinajstić information content (AvgIpc) is 2.37. The third-order valence-electron chi connectivity index (χ3n) is 3.02. The van der Waals surface area contributed by atoms with Gasteiger partial charge in [0.2, 0.25) is 0 Å². The molecule has 2 N–H and O–H groups in total. The fourth-order valence-electron chi connectivity index (χ4n) is 1.86. The predicted octanol–water partition coefficient (Wildman–Crippen LogP) is 4.78. The van der Waals surface area contributed by atoms with E-state index in [-0.39, 0.29) is 17.6 Å². The van der Waals surface area contributed by atoms with Crippen LogP contribution in [0.4, 0.5) is 10.1 Å². The third-order valence-corrected chi connectivity index (χ3v) is 3.63. The molecule has 2 aromatic rings. The Bertz CT molecular complexity index is 601. The van der Waals surface area contributed by atoms with Crippen LogP contribution < -0.4 is 5.32 Å². The van der Waals surface area contributed by atoms with Gasteiger partial charge in [-0.2, -0.15) is 0 Å². The smallest absolute Gasteiger partial charge is 0.137 e. The number of hydrogen-bond donors (Lipinski definition) is 2. The van der Waals surface area contributed by atoms with Crippen molar-refractivity contribution < 1.29 is 9.50 Å². The third kappa shape index (κ3) is 3.26. The Morgan fingerprint density at radius 3 is 2.58 bits per heavy atom. The number of hydrogen-bond acceptors (Lipinski definition) is 2. The Kier molecular flexibility index (Phi) is 4.10. The van der Waals surface area contributed by atoms with Crippen molar-refractivity contribution >= 4 is 21.6 Å². The Morgan fingerprint density at radius 1 is 1.21 bits per heavy atom. The lowest BCUT2D eigenvalue weighted by molar-refractivity contribution is 0.471. The number of benzene rings is 2. The summed E-state index contributed by atoms with van der Waals surface area (Å²) >= 11 is 3.19. The van der Waals surface area contributed by atoms with Gasteiger partial charge in [0.05, 0.1) is 4.47 Å². The molecular weight excluding hydrogens is 309 g/mol. The second-order valence-corrected chi connectivity index (χ2v) is 5.40. The van der Waals surface area contributed by atoms with Gasteiger partial charge in [-0.1, -0.05) is 6.07 Å². The molecule has 4 heteroatoms. The maximum Gasteiger partial charge on any atom is 0.137 e. The summed E-state index contributed by atoms with van der Waals surface area (Å²) in [6.07, 6.45) is 0. The highest BCUT2D eigenvalue weighted by Gasteiger charge is 2.08. The highest BCUT2D eigenvalue weighted by Crippen LogP contribution is 2.26. The number of aromatic hydroxyl groups is 1. The lowest BCUT2D eigenvalue weighted by Gasteiger charge is -2.17. The van der Waals surface area contributed by atoms with Crippen LogP contribution in [-0.2, 0) is 0 Å². The molecule has 0 aliphatic rings. The molecule has 0 aliphatic carbocycles. The molecule has 0 spiro atoms. The summed E-state index contributed by atoms with van der Waals surface area (Å²) in [6.45, 7) is 3.85. The van der Waals surface area contributed by atoms with E-state index in [9.17, 15) is 9.50 Å². The van der Waals surface area contributed by atoms with Crippen molar-refractivity contribution in [2.75, 3.05) is 5.32 Å². The highest BCUT2D eigenvalue weighted by molar-refractivity contribution is 9.10. The summed E-state index contributed by atoms with van der Waals surface area (Å²) in [5.74, 6) is 0.0131. The summed E-state index contributed by atoms with van der Waals surface area (Å²) in [6, 6.07) is 10.4. The van der Waals surface area contributed by atoms with Gasteiger partial charge in [0.25, 0.3) is 0 Å². The average molecular weight is 324 g/mol. The van der Waals surface area contributed by atoms with Crippen LogP contribution in [0.1, 0.15) is 24.1 Å². The summed E-state index contributed by atoms with van der Waals surface area (Å²) in [7, 11) is 0. The van der Waals surface area contributed by atoms with Gasteiger partial charge in [-0.3, -0.25) is 0 Å². The molecule has 2 aromatic carbocycles. The van der Waals surface area contributed by atoms with E-state index in [4.69, 9.17) is 0 Å². The maximum absolute atomic E-state index is 13.2.